The molecule has 1 aliphatic heterocycles. The average molecular weight is 571 g/mol. The first-order valence-electron chi connectivity index (χ1n) is 11.6. The number of ether oxygens (including phenoxy) is 3. The minimum atomic E-state index is -0.686. The lowest BCUT2D eigenvalue weighted by molar-refractivity contribution is -0.139. The van der Waals surface area contributed by atoms with Crippen LogP contribution in [-0.4, -0.2) is 30.9 Å². The van der Waals surface area contributed by atoms with Gasteiger partial charge in [-0.25, -0.2) is 9.79 Å². The van der Waals surface area contributed by atoms with Gasteiger partial charge < -0.3 is 14.2 Å². The first kappa shape index (κ1) is 25.9. The van der Waals surface area contributed by atoms with Crippen LogP contribution in [0.2, 0.25) is 0 Å². The second-order valence-electron chi connectivity index (χ2n) is 8.11. The van der Waals surface area contributed by atoms with Gasteiger partial charge in [0.05, 0.1) is 46.6 Å². The van der Waals surface area contributed by atoms with Crippen molar-refractivity contribution in [2.24, 2.45) is 4.99 Å². The van der Waals surface area contributed by atoms with Crippen molar-refractivity contribution in [2.75, 3.05) is 20.3 Å². The number of benzene rings is 2. The molecule has 1 aliphatic rings. The van der Waals surface area contributed by atoms with E-state index in [0.717, 1.165) is 23.3 Å². The molecule has 1 atom stereocenters. The SMILES string of the molecule is CCCOc1ccc(/C=c2\sc3n(c2=O)[C@@H](c2ccc(OC)c(Br)c2)C(C(=O)OCC)=C(C)N=3)cc1. The van der Waals surface area contributed by atoms with E-state index in [9.17, 15) is 9.59 Å². The maximum atomic E-state index is 13.7. The zero-order valence-electron chi connectivity index (χ0n) is 20.5. The number of thiazole rings is 1. The highest BCUT2D eigenvalue weighted by Crippen LogP contribution is 2.35. The average Bonchev–Trinajstić information content (AvgIpc) is 3.17. The minimum absolute atomic E-state index is 0.219. The molecule has 188 valence electrons. The van der Waals surface area contributed by atoms with Gasteiger partial charge in [-0.3, -0.25) is 9.36 Å². The second-order valence-corrected chi connectivity index (χ2v) is 9.98. The fourth-order valence-corrected chi connectivity index (χ4v) is 5.60. The normalized spacial score (nSPS) is 15.4. The molecule has 2 aromatic carbocycles. The summed E-state index contributed by atoms with van der Waals surface area (Å²) >= 11 is 4.81. The molecule has 0 saturated carbocycles. The number of carbonyl (C=O) groups excluding carboxylic acids is 1. The van der Waals surface area contributed by atoms with Crippen molar-refractivity contribution in [2.45, 2.75) is 33.2 Å². The molecular weight excluding hydrogens is 544 g/mol. The van der Waals surface area contributed by atoms with Crippen molar-refractivity contribution in [3.8, 4) is 11.5 Å². The van der Waals surface area contributed by atoms with E-state index in [1.807, 2.05) is 42.5 Å². The van der Waals surface area contributed by atoms with Crippen LogP contribution in [0.25, 0.3) is 6.08 Å². The number of methoxy groups -OCH3 is 1. The predicted octanol–water partition coefficient (Wildman–Crippen LogP) is 4.36. The van der Waals surface area contributed by atoms with Crippen LogP contribution in [0.15, 0.2) is 68.0 Å². The highest BCUT2D eigenvalue weighted by atomic mass is 79.9. The third-order valence-corrected chi connectivity index (χ3v) is 7.26. The molecule has 0 spiro atoms. The molecule has 2 heterocycles. The summed E-state index contributed by atoms with van der Waals surface area (Å²) in [5.41, 5.74) is 2.25. The first-order valence-corrected chi connectivity index (χ1v) is 13.2. The minimum Gasteiger partial charge on any atom is -0.496 e. The quantitative estimate of drug-likeness (QED) is 0.376. The zero-order chi connectivity index (χ0) is 25.8. The standard InChI is InChI=1S/C27H27BrN2O5S/c1-5-13-35-19-10-7-17(8-11-19)14-22-25(31)30-24(18-9-12-21(33-4)20(28)15-18)23(26(32)34-6-2)16(3)29-27(30)36-22/h7-12,14-15,24H,5-6,13H2,1-4H3/b22-14-/t24-/m0/s1. The Kier molecular flexibility index (Phi) is 8.11. The molecule has 4 rings (SSSR count). The lowest BCUT2D eigenvalue weighted by Gasteiger charge is -2.25. The topological polar surface area (TPSA) is 79.1 Å². The van der Waals surface area contributed by atoms with Gasteiger partial charge in [-0.15, -0.1) is 0 Å². The Balaban J connectivity index is 1.86. The van der Waals surface area contributed by atoms with Crippen molar-refractivity contribution in [3.05, 3.63) is 89.0 Å². The molecule has 1 aromatic heterocycles. The molecule has 0 unspecified atom stereocenters. The number of halogens is 1. The summed E-state index contributed by atoms with van der Waals surface area (Å²) < 4.78 is 19.2. The van der Waals surface area contributed by atoms with Gasteiger partial charge in [0.15, 0.2) is 4.80 Å². The molecule has 0 bridgehead atoms. The number of fused-ring (bicyclic) bond motifs is 1. The zero-order valence-corrected chi connectivity index (χ0v) is 22.9. The molecule has 0 amide bonds. The summed E-state index contributed by atoms with van der Waals surface area (Å²) in [4.78, 5) is 31.9. The molecule has 36 heavy (non-hydrogen) atoms. The Morgan fingerprint density at radius 2 is 1.94 bits per heavy atom. The highest BCUT2D eigenvalue weighted by Gasteiger charge is 2.33. The lowest BCUT2D eigenvalue weighted by atomic mass is 9.96. The predicted molar refractivity (Wildman–Crippen MR) is 143 cm³/mol. The largest absolute Gasteiger partial charge is 0.496 e. The Hall–Kier alpha value is -3.17. The summed E-state index contributed by atoms with van der Waals surface area (Å²) in [6.45, 7) is 6.45. The maximum absolute atomic E-state index is 13.7. The lowest BCUT2D eigenvalue weighted by Crippen LogP contribution is -2.39. The van der Waals surface area contributed by atoms with E-state index in [1.54, 1.807) is 31.6 Å². The van der Waals surface area contributed by atoms with Crippen LogP contribution in [0.3, 0.4) is 0 Å². The van der Waals surface area contributed by atoms with Crippen molar-refractivity contribution in [3.63, 3.8) is 0 Å². The second kappa shape index (κ2) is 11.3. The van der Waals surface area contributed by atoms with Crippen molar-refractivity contribution >= 4 is 39.3 Å². The summed E-state index contributed by atoms with van der Waals surface area (Å²) in [7, 11) is 1.58. The molecular formula is C27H27BrN2O5S. The van der Waals surface area contributed by atoms with Gasteiger partial charge in [0.25, 0.3) is 5.56 Å². The number of allylic oxidation sites excluding steroid dienone is 1. The number of hydrogen-bond acceptors (Lipinski definition) is 7. The van der Waals surface area contributed by atoms with Gasteiger partial charge >= 0.3 is 5.97 Å². The van der Waals surface area contributed by atoms with Crippen LogP contribution in [0.5, 0.6) is 11.5 Å². The Morgan fingerprint density at radius 3 is 2.58 bits per heavy atom. The fourth-order valence-electron chi connectivity index (χ4n) is 3.99. The Labute approximate surface area is 221 Å². The number of carbonyl (C=O) groups is 1. The third-order valence-electron chi connectivity index (χ3n) is 5.66. The van der Waals surface area contributed by atoms with Gasteiger partial charge in [-0.05, 0) is 77.7 Å². The molecule has 3 aromatic rings. The molecule has 0 radical (unpaired) electrons. The number of hydrogen-bond donors (Lipinski definition) is 0. The van der Waals surface area contributed by atoms with Gasteiger partial charge in [-0.2, -0.15) is 0 Å². The smallest absolute Gasteiger partial charge is 0.338 e. The van der Waals surface area contributed by atoms with Gasteiger partial charge in [-0.1, -0.05) is 36.5 Å². The van der Waals surface area contributed by atoms with E-state index < -0.39 is 12.0 Å². The van der Waals surface area contributed by atoms with Gasteiger partial charge in [0, 0.05) is 0 Å². The maximum Gasteiger partial charge on any atom is 0.338 e. The van der Waals surface area contributed by atoms with E-state index in [-0.39, 0.29) is 12.2 Å². The summed E-state index contributed by atoms with van der Waals surface area (Å²) in [6, 6.07) is 12.4. The van der Waals surface area contributed by atoms with Crippen molar-refractivity contribution in [1.82, 2.24) is 4.57 Å². The molecule has 0 N–H and O–H groups in total. The van der Waals surface area contributed by atoms with E-state index in [4.69, 9.17) is 14.2 Å². The van der Waals surface area contributed by atoms with Crippen LogP contribution in [0, 0.1) is 0 Å². The third kappa shape index (κ3) is 5.17. The first-order chi connectivity index (χ1) is 17.4. The molecule has 9 heteroatoms. The van der Waals surface area contributed by atoms with E-state index in [2.05, 4.69) is 27.8 Å². The van der Waals surface area contributed by atoms with Crippen LogP contribution in [0.1, 0.15) is 44.4 Å². The van der Waals surface area contributed by atoms with E-state index in [0.29, 0.717) is 37.4 Å². The number of esters is 1. The monoisotopic (exact) mass is 570 g/mol. The number of aromatic nitrogens is 1. The fraction of sp³-hybridized carbons (Fsp3) is 0.296. The van der Waals surface area contributed by atoms with Gasteiger partial charge in [0.2, 0.25) is 0 Å². The van der Waals surface area contributed by atoms with Crippen LogP contribution in [0.4, 0.5) is 0 Å². The highest BCUT2D eigenvalue weighted by molar-refractivity contribution is 9.10. The van der Waals surface area contributed by atoms with Crippen LogP contribution < -0.4 is 24.4 Å². The molecule has 7 nitrogen and oxygen atoms in total. The number of rotatable bonds is 8. The summed E-state index contributed by atoms with van der Waals surface area (Å²) in [5, 5.41) is 0. The summed E-state index contributed by atoms with van der Waals surface area (Å²) in [6.07, 6.45) is 2.76. The van der Waals surface area contributed by atoms with Crippen molar-refractivity contribution in [1.29, 1.82) is 0 Å². The van der Waals surface area contributed by atoms with Crippen LogP contribution in [-0.2, 0) is 9.53 Å². The van der Waals surface area contributed by atoms with E-state index >= 15 is 0 Å². The van der Waals surface area contributed by atoms with Crippen LogP contribution >= 0.6 is 27.3 Å². The van der Waals surface area contributed by atoms with E-state index in [1.165, 1.54) is 11.3 Å². The molecule has 0 fully saturated rings. The molecule has 0 aliphatic carbocycles. The molecule has 0 saturated heterocycles. The van der Waals surface area contributed by atoms with Crippen molar-refractivity contribution < 1.29 is 19.0 Å². The number of nitrogens with zero attached hydrogens (tertiary/aromatic N) is 2. The van der Waals surface area contributed by atoms with Gasteiger partial charge in [0.1, 0.15) is 11.5 Å². The summed E-state index contributed by atoms with van der Waals surface area (Å²) in [5.74, 6) is 0.943. The Morgan fingerprint density at radius 1 is 1.19 bits per heavy atom. The Bertz CT molecular complexity index is 1490.